The number of hydrogen-bond acceptors (Lipinski definition) is 4. The molecule has 2 aromatic rings. The van der Waals surface area contributed by atoms with Gasteiger partial charge in [-0.05, 0) is 42.3 Å². The molecule has 25 heavy (non-hydrogen) atoms. The van der Waals surface area contributed by atoms with E-state index in [1.807, 2.05) is 13.0 Å². The van der Waals surface area contributed by atoms with E-state index in [4.69, 9.17) is 25.8 Å². The van der Waals surface area contributed by atoms with Crippen LogP contribution in [0.2, 0.25) is 5.02 Å². The van der Waals surface area contributed by atoms with E-state index in [1.54, 1.807) is 30.3 Å². The molecule has 1 heterocycles. The molecule has 0 aromatic heterocycles. The predicted molar refractivity (Wildman–Crippen MR) is 97.0 cm³/mol. The highest BCUT2D eigenvalue weighted by Crippen LogP contribution is 2.32. The number of nitrogens with one attached hydrogen (secondary N) is 1. The van der Waals surface area contributed by atoms with Crippen molar-refractivity contribution in [1.82, 2.24) is 0 Å². The summed E-state index contributed by atoms with van der Waals surface area (Å²) < 4.78 is 16.7. The van der Waals surface area contributed by atoms with E-state index in [0.29, 0.717) is 41.2 Å². The normalized spacial score (nSPS) is 13.0. The van der Waals surface area contributed by atoms with Crippen molar-refractivity contribution in [3.8, 4) is 17.2 Å². The summed E-state index contributed by atoms with van der Waals surface area (Å²) in [5.41, 5.74) is 1.63. The van der Waals surface area contributed by atoms with Crippen LogP contribution in [-0.4, -0.2) is 25.7 Å². The lowest BCUT2D eigenvalue weighted by Gasteiger charge is -2.11. The van der Waals surface area contributed by atoms with E-state index in [0.717, 1.165) is 18.4 Å². The highest BCUT2D eigenvalue weighted by atomic mass is 35.5. The number of fused-ring (bicyclic) bond motifs is 1. The van der Waals surface area contributed by atoms with Crippen molar-refractivity contribution in [3.63, 3.8) is 0 Å². The molecule has 2 aromatic carbocycles. The van der Waals surface area contributed by atoms with E-state index in [-0.39, 0.29) is 12.5 Å². The SMILES string of the molecule is CCc1cc(OCC(=O)Nc2ccc3c(c2)OCCCO3)ccc1Cl. The molecule has 1 aliphatic heterocycles. The number of anilines is 1. The van der Waals surface area contributed by atoms with Crippen LogP contribution >= 0.6 is 11.6 Å². The van der Waals surface area contributed by atoms with Gasteiger partial charge in [-0.2, -0.15) is 0 Å². The molecule has 0 saturated carbocycles. The minimum Gasteiger partial charge on any atom is -0.490 e. The van der Waals surface area contributed by atoms with Crippen LogP contribution in [0, 0.1) is 0 Å². The highest BCUT2D eigenvalue weighted by molar-refractivity contribution is 6.31. The monoisotopic (exact) mass is 361 g/mol. The van der Waals surface area contributed by atoms with Gasteiger partial charge in [-0.25, -0.2) is 0 Å². The molecule has 0 spiro atoms. The average molecular weight is 362 g/mol. The number of halogens is 1. The first-order valence-corrected chi connectivity index (χ1v) is 8.64. The molecule has 132 valence electrons. The largest absolute Gasteiger partial charge is 0.490 e. The van der Waals surface area contributed by atoms with Gasteiger partial charge in [0.1, 0.15) is 5.75 Å². The minimum atomic E-state index is -0.248. The molecule has 0 unspecified atom stereocenters. The Bertz CT molecular complexity index is 763. The molecule has 0 bridgehead atoms. The molecule has 3 rings (SSSR count). The third kappa shape index (κ3) is 4.57. The lowest BCUT2D eigenvalue weighted by atomic mass is 10.1. The Kier molecular flexibility index (Phi) is 5.66. The first-order valence-electron chi connectivity index (χ1n) is 8.26. The second kappa shape index (κ2) is 8.12. The van der Waals surface area contributed by atoms with Gasteiger partial charge in [0.15, 0.2) is 18.1 Å². The van der Waals surface area contributed by atoms with Gasteiger partial charge in [-0.15, -0.1) is 0 Å². The molecular formula is C19H20ClNO4. The molecular weight excluding hydrogens is 342 g/mol. The second-order valence-corrected chi connectivity index (χ2v) is 6.06. The van der Waals surface area contributed by atoms with Gasteiger partial charge in [0.05, 0.1) is 13.2 Å². The predicted octanol–water partition coefficient (Wildman–Crippen LogP) is 4.08. The minimum absolute atomic E-state index is 0.0841. The van der Waals surface area contributed by atoms with Gasteiger partial charge in [-0.3, -0.25) is 4.79 Å². The molecule has 6 heteroatoms. The Morgan fingerprint density at radius 1 is 1.16 bits per heavy atom. The quantitative estimate of drug-likeness (QED) is 0.871. The summed E-state index contributed by atoms with van der Waals surface area (Å²) >= 11 is 6.08. The first-order chi connectivity index (χ1) is 12.2. The number of benzene rings is 2. The van der Waals surface area contributed by atoms with E-state index in [1.165, 1.54) is 0 Å². The Morgan fingerprint density at radius 2 is 1.96 bits per heavy atom. The number of ether oxygens (including phenoxy) is 3. The van der Waals surface area contributed by atoms with E-state index in [2.05, 4.69) is 5.32 Å². The van der Waals surface area contributed by atoms with Gasteiger partial charge in [0.25, 0.3) is 5.91 Å². The summed E-state index contributed by atoms with van der Waals surface area (Å²) in [6, 6.07) is 10.7. The average Bonchev–Trinajstić information content (AvgIpc) is 2.86. The summed E-state index contributed by atoms with van der Waals surface area (Å²) in [6.07, 6.45) is 1.64. The van der Waals surface area contributed by atoms with Crippen LogP contribution in [0.1, 0.15) is 18.9 Å². The van der Waals surface area contributed by atoms with Crippen LogP contribution in [0.5, 0.6) is 17.2 Å². The zero-order chi connectivity index (χ0) is 17.6. The van der Waals surface area contributed by atoms with Crippen LogP contribution < -0.4 is 19.5 Å². The van der Waals surface area contributed by atoms with Crippen LogP contribution in [0.3, 0.4) is 0 Å². The van der Waals surface area contributed by atoms with E-state index < -0.39 is 0 Å². The van der Waals surface area contributed by atoms with Crippen molar-refractivity contribution in [3.05, 3.63) is 47.0 Å². The van der Waals surface area contributed by atoms with Crippen molar-refractivity contribution in [1.29, 1.82) is 0 Å². The van der Waals surface area contributed by atoms with Crippen molar-refractivity contribution in [2.45, 2.75) is 19.8 Å². The van der Waals surface area contributed by atoms with Gasteiger partial charge in [0.2, 0.25) is 0 Å². The number of hydrogen-bond donors (Lipinski definition) is 1. The van der Waals surface area contributed by atoms with Gasteiger partial charge < -0.3 is 19.5 Å². The van der Waals surface area contributed by atoms with Gasteiger partial charge >= 0.3 is 0 Å². The van der Waals surface area contributed by atoms with Crippen molar-refractivity contribution >= 4 is 23.2 Å². The molecule has 5 nitrogen and oxygen atoms in total. The van der Waals surface area contributed by atoms with E-state index in [9.17, 15) is 4.79 Å². The van der Waals surface area contributed by atoms with Crippen molar-refractivity contribution in [2.75, 3.05) is 25.1 Å². The summed E-state index contributed by atoms with van der Waals surface area (Å²) in [6.45, 7) is 3.16. The standard InChI is InChI=1S/C19H20ClNO4/c1-2-13-10-15(5-6-16(13)20)25-12-19(22)21-14-4-7-17-18(11-14)24-9-3-8-23-17/h4-7,10-11H,2-3,8-9,12H2,1H3,(H,21,22). The Hall–Kier alpha value is -2.40. The third-order valence-electron chi connectivity index (χ3n) is 3.80. The molecule has 0 radical (unpaired) electrons. The van der Waals surface area contributed by atoms with Crippen LogP contribution in [0.15, 0.2) is 36.4 Å². The molecule has 0 fully saturated rings. The van der Waals surface area contributed by atoms with Gasteiger partial charge in [0, 0.05) is 23.2 Å². The molecule has 1 N–H and O–H groups in total. The fourth-order valence-electron chi connectivity index (χ4n) is 2.50. The molecule has 1 amide bonds. The van der Waals surface area contributed by atoms with Crippen LogP contribution in [-0.2, 0) is 11.2 Å². The number of carbonyl (C=O) groups is 1. The fourth-order valence-corrected chi connectivity index (χ4v) is 2.75. The number of rotatable bonds is 5. The third-order valence-corrected chi connectivity index (χ3v) is 4.17. The van der Waals surface area contributed by atoms with Crippen LogP contribution in [0.4, 0.5) is 5.69 Å². The zero-order valence-electron chi connectivity index (χ0n) is 14.0. The Balaban J connectivity index is 1.58. The first kappa shape index (κ1) is 17.4. The number of amides is 1. The lowest BCUT2D eigenvalue weighted by Crippen LogP contribution is -2.20. The van der Waals surface area contributed by atoms with E-state index >= 15 is 0 Å². The number of aryl methyl sites for hydroxylation is 1. The Morgan fingerprint density at radius 3 is 2.76 bits per heavy atom. The maximum absolute atomic E-state index is 12.1. The molecule has 0 aliphatic carbocycles. The summed E-state index contributed by atoms with van der Waals surface area (Å²) in [7, 11) is 0. The zero-order valence-corrected chi connectivity index (χ0v) is 14.8. The molecule has 0 saturated heterocycles. The smallest absolute Gasteiger partial charge is 0.262 e. The molecule has 1 aliphatic rings. The summed E-state index contributed by atoms with van der Waals surface area (Å²) in [4.78, 5) is 12.1. The number of carbonyl (C=O) groups excluding carboxylic acids is 1. The van der Waals surface area contributed by atoms with Gasteiger partial charge in [-0.1, -0.05) is 18.5 Å². The lowest BCUT2D eigenvalue weighted by molar-refractivity contribution is -0.118. The maximum atomic E-state index is 12.1. The summed E-state index contributed by atoms with van der Waals surface area (Å²) in [5.74, 6) is 1.71. The van der Waals surface area contributed by atoms with Crippen LogP contribution in [0.25, 0.3) is 0 Å². The second-order valence-electron chi connectivity index (χ2n) is 5.66. The molecule has 0 atom stereocenters. The Labute approximate surface area is 151 Å². The maximum Gasteiger partial charge on any atom is 0.262 e. The fraction of sp³-hybridized carbons (Fsp3) is 0.316. The summed E-state index contributed by atoms with van der Waals surface area (Å²) in [5, 5.41) is 3.50. The topological polar surface area (TPSA) is 56.8 Å². The van der Waals surface area contributed by atoms with Crippen molar-refractivity contribution < 1.29 is 19.0 Å². The highest BCUT2D eigenvalue weighted by Gasteiger charge is 2.12. The van der Waals surface area contributed by atoms with Crippen molar-refractivity contribution in [2.24, 2.45) is 0 Å².